The molecule has 5 nitrogen and oxygen atoms in total. The predicted octanol–water partition coefficient (Wildman–Crippen LogP) is 4.00. The maximum atomic E-state index is 12.0. The molecule has 0 atom stereocenters. The normalized spacial score (nSPS) is 10.2. The van der Waals surface area contributed by atoms with Crippen LogP contribution in [0.25, 0.3) is 0 Å². The first-order valence-corrected chi connectivity index (χ1v) is 8.95. The molecule has 0 unspecified atom stereocenters. The molecular weight excluding hydrogens is 384 g/mol. The molecule has 2 amide bonds. The zero-order valence-electron chi connectivity index (χ0n) is 14.0. The molecule has 132 valence electrons. The highest BCUT2D eigenvalue weighted by Gasteiger charge is 2.06. The lowest BCUT2D eigenvalue weighted by atomic mass is 10.2. The van der Waals surface area contributed by atoms with Crippen LogP contribution in [0.15, 0.2) is 53.0 Å². The third-order valence-corrected chi connectivity index (χ3v) is 4.07. The Morgan fingerprint density at radius 1 is 1.08 bits per heavy atom. The Morgan fingerprint density at radius 2 is 1.80 bits per heavy atom. The molecule has 0 spiro atoms. The molecule has 0 saturated carbocycles. The Morgan fingerprint density at radius 3 is 2.48 bits per heavy atom. The molecule has 0 heterocycles. The van der Waals surface area contributed by atoms with Crippen LogP contribution in [-0.4, -0.2) is 25.0 Å². The average molecular weight is 405 g/mol. The largest absolute Gasteiger partial charge is 0.492 e. The van der Waals surface area contributed by atoms with E-state index in [1.165, 1.54) is 0 Å². The molecule has 0 aliphatic carbocycles. The van der Waals surface area contributed by atoms with Gasteiger partial charge in [-0.15, -0.1) is 0 Å². The Bertz CT molecular complexity index is 717. The van der Waals surface area contributed by atoms with Gasteiger partial charge < -0.3 is 15.4 Å². The summed E-state index contributed by atoms with van der Waals surface area (Å²) in [4.78, 5) is 23.6. The number of benzene rings is 2. The third kappa shape index (κ3) is 6.23. The molecule has 0 fully saturated rings. The molecule has 0 radical (unpaired) electrons. The quantitative estimate of drug-likeness (QED) is 0.653. The summed E-state index contributed by atoms with van der Waals surface area (Å²) < 4.78 is 6.53. The fraction of sp³-hybridized carbons (Fsp3) is 0.263. The van der Waals surface area contributed by atoms with Gasteiger partial charge in [-0.1, -0.05) is 12.1 Å². The zero-order chi connectivity index (χ0) is 18.1. The van der Waals surface area contributed by atoms with Gasteiger partial charge in [0.2, 0.25) is 5.91 Å². The molecule has 0 saturated heterocycles. The summed E-state index contributed by atoms with van der Waals surface area (Å²) in [6, 6.07) is 14.4. The lowest BCUT2D eigenvalue weighted by molar-refractivity contribution is -0.116. The fourth-order valence-corrected chi connectivity index (χ4v) is 2.57. The molecule has 2 aromatic rings. The standard InChI is InChI=1S/C19H21BrN2O3/c1-2-21-19(24)14-9-11-15(12-10-14)22-18(23)8-5-13-25-17-7-4-3-6-16(17)20/h3-4,6-7,9-12H,2,5,8,13H2,1H3,(H,21,24)(H,22,23). The lowest BCUT2D eigenvalue weighted by Gasteiger charge is -2.09. The first kappa shape index (κ1) is 19.0. The number of halogens is 1. The Labute approximate surface area is 155 Å². The van der Waals surface area contributed by atoms with E-state index < -0.39 is 0 Å². The van der Waals surface area contributed by atoms with Crippen molar-refractivity contribution in [3.63, 3.8) is 0 Å². The molecule has 0 aliphatic heterocycles. The van der Waals surface area contributed by atoms with Crippen LogP contribution in [0.4, 0.5) is 5.69 Å². The molecule has 0 bridgehead atoms. The summed E-state index contributed by atoms with van der Waals surface area (Å²) in [7, 11) is 0. The average Bonchev–Trinajstić information content (AvgIpc) is 2.61. The van der Waals surface area contributed by atoms with Gasteiger partial charge in [-0.3, -0.25) is 9.59 Å². The number of ether oxygens (including phenoxy) is 1. The highest BCUT2D eigenvalue weighted by Crippen LogP contribution is 2.23. The van der Waals surface area contributed by atoms with Crippen molar-refractivity contribution < 1.29 is 14.3 Å². The van der Waals surface area contributed by atoms with E-state index in [1.54, 1.807) is 24.3 Å². The Hall–Kier alpha value is -2.34. The summed E-state index contributed by atoms with van der Waals surface area (Å²) >= 11 is 3.41. The van der Waals surface area contributed by atoms with E-state index in [0.29, 0.717) is 37.2 Å². The minimum absolute atomic E-state index is 0.0820. The summed E-state index contributed by atoms with van der Waals surface area (Å²) in [6.07, 6.45) is 0.979. The van der Waals surface area contributed by atoms with Crippen molar-refractivity contribution in [3.05, 3.63) is 58.6 Å². The first-order valence-electron chi connectivity index (χ1n) is 8.15. The second kappa shape index (κ2) is 9.84. The minimum Gasteiger partial charge on any atom is -0.492 e. The highest BCUT2D eigenvalue weighted by atomic mass is 79.9. The number of nitrogens with one attached hydrogen (secondary N) is 2. The van der Waals surface area contributed by atoms with Crippen molar-refractivity contribution in [2.75, 3.05) is 18.5 Å². The molecule has 2 rings (SSSR count). The molecule has 6 heteroatoms. The van der Waals surface area contributed by atoms with E-state index in [4.69, 9.17) is 4.74 Å². The summed E-state index contributed by atoms with van der Waals surface area (Å²) in [5, 5.41) is 5.54. The van der Waals surface area contributed by atoms with Crippen LogP contribution in [-0.2, 0) is 4.79 Å². The van der Waals surface area contributed by atoms with Gasteiger partial charge in [0.15, 0.2) is 0 Å². The molecule has 0 aliphatic rings. The molecule has 25 heavy (non-hydrogen) atoms. The maximum absolute atomic E-state index is 12.0. The van der Waals surface area contributed by atoms with E-state index >= 15 is 0 Å². The Kier molecular flexibility index (Phi) is 7.47. The summed E-state index contributed by atoms with van der Waals surface area (Å²) in [6.45, 7) is 2.91. The van der Waals surface area contributed by atoms with Gasteiger partial charge in [0.1, 0.15) is 5.75 Å². The van der Waals surface area contributed by atoms with E-state index in [1.807, 2.05) is 31.2 Å². The third-order valence-electron chi connectivity index (χ3n) is 3.41. The lowest BCUT2D eigenvalue weighted by Crippen LogP contribution is -2.22. The number of para-hydroxylation sites is 1. The fourth-order valence-electron chi connectivity index (χ4n) is 2.17. The van der Waals surface area contributed by atoms with E-state index in [9.17, 15) is 9.59 Å². The van der Waals surface area contributed by atoms with Crippen LogP contribution in [0.2, 0.25) is 0 Å². The van der Waals surface area contributed by atoms with Gasteiger partial charge in [-0.25, -0.2) is 0 Å². The van der Waals surface area contributed by atoms with Crippen molar-refractivity contribution in [1.82, 2.24) is 5.32 Å². The molecular formula is C19H21BrN2O3. The number of hydrogen-bond acceptors (Lipinski definition) is 3. The van der Waals surface area contributed by atoms with Crippen molar-refractivity contribution in [2.24, 2.45) is 0 Å². The maximum Gasteiger partial charge on any atom is 0.251 e. The number of carbonyl (C=O) groups is 2. The number of anilines is 1. The predicted molar refractivity (Wildman–Crippen MR) is 102 cm³/mol. The van der Waals surface area contributed by atoms with Crippen LogP contribution in [0.5, 0.6) is 5.75 Å². The molecule has 2 aromatic carbocycles. The first-order chi connectivity index (χ1) is 12.1. The van der Waals surface area contributed by atoms with Crippen molar-refractivity contribution >= 4 is 33.4 Å². The van der Waals surface area contributed by atoms with E-state index in [2.05, 4.69) is 26.6 Å². The minimum atomic E-state index is -0.121. The second-order valence-corrected chi connectivity index (χ2v) is 6.22. The Balaban J connectivity index is 1.73. The van der Waals surface area contributed by atoms with Crippen LogP contribution < -0.4 is 15.4 Å². The summed E-state index contributed by atoms with van der Waals surface area (Å²) in [5.41, 5.74) is 1.24. The van der Waals surface area contributed by atoms with Gasteiger partial charge in [0, 0.05) is 24.2 Å². The SMILES string of the molecule is CCNC(=O)c1ccc(NC(=O)CCCOc2ccccc2Br)cc1. The van der Waals surface area contributed by atoms with Crippen LogP contribution in [0, 0.1) is 0 Å². The number of rotatable bonds is 8. The van der Waals surface area contributed by atoms with Crippen molar-refractivity contribution in [2.45, 2.75) is 19.8 Å². The number of amides is 2. The van der Waals surface area contributed by atoms with Crippen LogP contribution >= 0.6 is 15.9 Å². The topological polar surface area (TPSA) is 67.4 Å². The van der Waals surface area contributed by atoms with Crippen LogP contribution in [0.3, 0.4) is 0 Å². The van der Waals surface area contributed by atoms with Gasteiger partial charge in [-0.05, 0) is 65.7 Å². The smallest absolute Gasteiger partial charge is 0.251 e. The van der Waals surface area contributed by atoms with Gasteiger partial charge in [-0.2, -0.15) is 0 Å². The van der Waals surface area contributed by atoms with Crippen LogP contribution in [0.1, 0.15) is 30.1 Å². The zero-order valence-corrected chi connectivity index (χ0v) is 15.6. The van der Waals surface area contributed by atoms with Crippen molar-refractivity contribution in [1.29, 1.82) is 0 Å². The highest BCUT2D eigenvalue weighted by molar-refractivity contribution is 9.10. The van der Waals surface area contributed by atoms with Gasteiger partial charge >= 0.3 is 0 Å². The summed E-state index contributed by atoms with van der Waals surface area (Å²) in [5.74, 6) is 0.565. The van der Waals surface area contributed by atoms with E-state index in [0.717, 1.165) is 10.2 Å². The monoisotopic (exact) mass is 404 g/mol. The van der Waals surface area contributed by atoms with Crippen molar-refractivity contribution in [3.8, 4) is 5.75 Å². The second-order valence-electron chi connectivity index (χ2n) is 5.37. The van der Waals surface area contributed by atoms with Gasteiger partial charge in [0.25, 0.3) is 5.91 Å². The number of carbonyl (C=O) groups excluding carboxylic acids is 2. The van der Waals surface area contributed by atoms with Gasteiger partial charge in [0.05, 0.1) is 11.1 Å². The van der Waals surface area contributed by atoms with E-state index in [-0.39, 0.29) is 11.8 Å². The number of hydrogen-bond donors (Lipinski definition) is 2. The molecule has 0 aromatic heterocycles. The molecule has 2 N–H and O–H groups in total.